The highest BCUT2D eigenvalue weighted by Gasteiger charge is 2.18. The molecule has 1 aliphatic heterocycles. The highest BCUT2D eigenvalue weighted by molar-refractivity contribution is 5.08. The van der Waals surface area contributed by atoms with Gasteiger partial charge in [0.1, 0.15) is 0 Å². The smallest absolute Gasteiger partial charge is 0.0571 e. The Morgan fingerprint density at radius 3 is 2.87 bits per heavy atom. The van der Waals surface area contributed by atoms with Crippen molar-refractivity contribution >= 4 is 0 Å². The normalized spacial score (nSPS) is 20.1. The SMILES string of the molecule is NC(CC1CCOCC1)c1ccccn1. The fourth-order valence-corrected chi connectivity index (χ4v) is 2.06. The molecule has 1 aromatic rings. The second kappa shape index (κ2) is 5.24. The van der Waals surface area contributed by atoms with E-state index in [0.29, 0.717) is 5.92 Å². The largest absolute Gasteiger partial charge is 0.381 e. The third kappa shape index (κ3) is 3.01. The van der Waals surface area contributed by atoms with E-state index in [9.17, 15) is 0 Å². The monoisotopic (exact) mass is 206 g/mol. The van der Waals surface area contributed by atoms with E-state index in [0.717, 1.165) is 38.2 Å². The quantitative estimate of drug-likeness (QED) is 0.821. The van der Waals surface area contributed by atoms with E-state index in [1.54, 1.807) is 6.20 Å². The zero-order chi connectivity index (χ0) is 10.5. The van der Waals surface area contributed by atoms with Crippen LogP contribution in [0, 0.1) is 5.92 Å². The maximum Gasteiger partial charge on any atom is 0.0571 e. The molecular weight excluding hydrogens is 188 g/mol. The van der Waals surface area contributed by atoms with Crippen molar-refractivity contribution in [3.05, 3.63) is 30.1 Å². The number of aromatic nitrogens is 1. The lowest BCUT2D eigenvalue weighted by atomic mass is 9.91. The van der Waals surface area contributed by atoms with E-state index in [4.69, 9.17) is 10.5 Å². The summed E-state index contributed by atoms with van der Waals surface area (Å²) in [6.45, 7) is 1.78. The molecule has 2 heterocycles. The van der Waals surface area contributed by atoms with E-state index >= 15 is 0 Å². The van der Waals surface area contributed by atoms with Crippen molar-refractivity contribution in [3.8, 4) is 0 Å². The third-order valence-corrected chi connectivity index (χ3v) is 3.00. The summed E-state index contributed by atoms with van der Waals surface area (Å²) in [6, 6.07) is 6.00. The van der Waals surface area contributed by atoms with Crippen molar-refractivity contribution in [1.29, 1.82) is 0 Å². The molecule has 15 heavy (non-hydrogen) atoms. The Labute approximate surface area is 90.7 Å². The summed E-state index contributed by atoms with van der Waals surface area (Å²) in [5.41, 5.74) is 7.13. The number of pyridine rings is 1. The van der Waals surface area contributed by atoms with Crippen molar-refractivity contribution in [2.45, 2.75) is 25.3 Å². The lowest BCUT2D eigenvalue weighted by molar-refractivity contribution is 0.0617. The van der Waals surface area contributed by atoms with Crippen LogP contribution in [0.15, 0.2) is 24.4 Å². The van der Waals surface area contributed by atoms with Gasteiger partial charge in [-0.3, -0.25) is 4.98 Å². The number of hydrogen-bond acceptors (Lipinski definition) is 3. The Balaban J connectivity index is 1.88. The van der Waals surface area contributed by atoms with Crippen LogP contribution in [0.25, 0.3) is 0 Å². The molecule has 1 saturated heterocycles. The van der Waals surface area contributed by atoms with Gasteiger partial charge in [0.05, 0.1) is 5.69 Å². The van der Waals surface area contributed by atoms with E-state index in [1.807, 2.05) is 18.2 Å². The third-order valence-electron chi connectivity index (χ3n) is 3.00. The van der Waals surface area contributed by atoms with E-state index in [2.05, 4.69) is 4.98 Å². The van der Waals surface area contributed by atoms with Gasteiger partial charge in [0.2, 0.25) is 0 Å². The maximum atomic E-state index is 6.12. The molecule has 3 nitrogen and oxygen atoms in total. The van der Waals surface area contributed by atoms with Crippen LogP contribution in [-0.2, 0) is 4.74 Å². The Morgan fingerprint density at radius 2 is 2.20 bits per heavy atom. The van der Waals surface area contributed by atoms with Gasteiger partial charge in [0, 0.05) is 25.5 Å². The van der Waals surface area contributed by atoms with Gasteiger partial charge < -0.3 is 10.5 Å². The first-order valence-corrected chi connectivity index (χ1v) is 5.60. The molecule has 0 amide bonds. The fraction of sp³-hybridized carbons (Fsp3) is 0.583. The van der Waals surface area contributed by atoms with Crippen LogP contribution in [0.5, 0.6) is 0 Å². The van der Waals surface area contributed by atoms with Gasteiger partial charge in [-0.05, 0) is 37.3 Å². The first-order chi connectivity index (χ1) is 7.36. The molecule has 0 saturated carbocycles. The zero-order valence-corrected chi connectivity index (χ0v) is 8.93. The minimum Gasteiger partial charge on any atom is -0.381 e. The highest BCUT2D eigenvalue weighted by atomic mass is 16.5. The number of hydrogen-bond donors (Lipinski definition) is 1. The first kappa shape index (κ1) is 10.6. The number of nitrogens with zero attached hydrogens (tertiary/aromatic N) is 1. The molecule has 0 aromatic carbocycles. The molecule has 82 valence electrons. The molecular formula is C12H18N2O. The topological polar surface area (TPSA) is 48.1 Å². The second-order valence-electron chi connectivity index (χ2n) is 4.15. The van der Waals surface area contributed by atoms with E-state index < -0.39 is 0 Å². The van der Waals surface area contributed by atoms with Gasteiger partial charge in [-0.15, -0.1) is 0 Å². The van der Waals surface area contributed by atoms with Gasteiger partial charge >= 0.3 is 0 Å². The molecule has 1 fully saturated rings. The molecule has 1 aromatic heterocycles. The van der Waals surface area contributed by atoms with E-state index in [1.165, 1.54) is 0 Å². The lowest BCUT2D eigenvalue weighted by Crippen LogP contribution is -2.22. The summed E-state index contributed by atoms with van der Waals surface area (Å²) in [5.74, 6) is 0.704. The average molecular weight is 206 g/mol. The van der Waals surface area contributed by atoms with Crippen LogP contribution in [-0.4, -0.2) is 18.2 Å². The summed E-state index contributed by atoms with van der Waals surface area (Å²) in [4.78, 5) is 4.29. The molecule has 0 radical (unpaired) electrons. The van der Waals surface area contributed by atoms with Gasteiger partial charge in [-0.2, -0.15) is 0 Å². The fourth-order valence-electron chi connectivity index (χ4n) is 2.06. The van der Waals surface area contributed by atoms with Crippen LogP contribution in [0.3, 0.4) is 0 Å². The molecule has 2 rings (SSSR count). The highest BCUT2D eigenvalue weighted by Crippen LogP contribution is 2.24. The zero-order valence-electron chi connectivity index (χ0n) is 8.93. The Morgan fingerprint density at radius 1 is 1.40 bits per heavy atom. The molecule has 0 spiro atoms. The van der Waals surface area contributed by atoms with Crippen LogP contribution in [0.1, 0.15) is 31.0 Å². The molecule has 1 aliphatic rings. The van der Waals surface area contributed by atoms with Crippen molar-refractivity contribution in [2.75, 3.05) is 13.2 Å². The van der Waals surface area contributed by atoms with Crippen LogP contribution in [0.2, 0.25) is 0 Å². The Bertz CT molecular complexity index is 283. The Hall–Kier alpha value is -0.930. The first-order valence-electron chi connectivity index (χ1n) is 5.60. The average Bonchev–Trinajstić information content (AvgIpc) is 2.31. The molecule has 1 unspecified atom stereocenters. The minimum atomic E-state index is 0.0781. The number of rotatable bonds is 3. The Kier molecular flexibility index (Phi) is 3.69. The summed E-state index contributed by atoms with van der Waals surface area (Å²) in [7, 11) is 0. The van der Waals surface area contributed by atoms with Gasteiger partial charge in [-0.1, -0.05) is 6.07 Å². The lowest BCUT2D eigenvalue weighted by Gasteiger charge is -2.24. The minimum absolute atomic E-state index is 0.0781. The predicted octanol–water partition coefficient (Wildman–Crippen LogP) is 1.90. The molecule has 0 aliphatic carbocycles. The standard InChI is InChI=1S/C12H18N2O/c13-11(12-3-1-2-6-14-12)9-10-4-7-15-8-5-10/h1-3,6,10-11H,4-5,7-9,13H2. The summed E-state index contributed by atoms with van der Waals surface area (Å²) < 4.78 is 5.33. The summed E-state index contributed by atoms with van der Waals surface area (Å²) >= 11 is 0. The van der Waals surface area contributed by atoms with Crippen LogP contribution < -0.4 is 5.73 Å². The number of ether oxygens (including phenoxy) is 1. The van der Waals surface area contributed by atoms with Gasteiger partial charge in [0.15, 0.2) is 0 Å². The van der Waals surface area contributed by atoms with Crippen LogP contribution in [0.4, 0.5) is 0 Å². The summed E-state index contributed by atoms with van der Waals surface area (Å²) in [5, 5.41) is 0. The molecule has 3 heteroatoms. The molecule has 0 bridgehead atoms. The van der Waals surface area contributed by atoms with E-state index in [-0.39, 0.29) is 6.04 Å². The number of nitrogens with two attached hydrogens (primary N) is 1. The van der Waals surface area contributed by atoms with Crippen molar-refractivity contribution in [1.82, 2.24) is 4.98 Å². The van der Waals surface area contributed by atoms with Gasteiger partial charge in [0.25, 0.3) is 0 Å². The van der Waals surface area contributed by atoms with Crippen LogP contribution >= 0.6 is 0 Å². The second-order valence-corrected chi connectivity index (χ2v) is 4.15. The maximum absolute atomic E-state index is 6.12. The summed E-state index contributed by atoms with van der Waals surface area (Å²) in [6.07, 6.45) is 5.11. The van der Waals surface area contributed by atoms with Crippen molar-refractivity contribution < 1.29 is 4.74 Å². The van der Waals surface area contributed by atoms with Gasteiger partial charge in [-0.25, -0.2) is 0 Å². The predicted molar refractivity (Wildman–Crippen MR) is 59.3 cm³/mol. The van der Waals surface area contributed by atoms with Crippen molar-refractivity contribution in [2.24, 2.45) is 11.7 Å². The van der Waals surface area contributed by atoms with Crippen molar-refractivity contribution in [3.63, 3.8) is 0 Å². The molecule has 2 N–H and O–H groups in total. The molecule has 1 atom stereocenters.